The molecule has 0 saturated heterocycles. The van der Waals surface area contributed by atoms with Gasteiger partial charge >= 0.3 is 0 Å². The molecule has 0 radical (unpaired) electrons. The predicted octanol–water partition coefficient (Wildman–Crippen LogP) is 17.1. The van der Waals surface area contributed by atoms with Gasteiger partial charge in [-0.3, -0.25) is 4.90 Å². The van der Waals surface area contributed by atoms with E-state index in [9.17, 15) is 0 Å². The van der Waals surface area contributed by atoms with Crippen molar-refractivity contribution in [1.29, 1.82) is 0 Å². The maximum absolute atomic E-state index is 7.79. The minimum absolute atomic E-state index is 0.0208. The summed E-state index contributed by atoms with van der Waals surface area (Å²) >= 11 is 0. The van der Waals surface area contributed by atoms with Gasteiger partial charge in [0.05, 0.1) is 13.8 Å². The lowest BCUT2D eigenvalue weighted by atomic mass is 9.33. The standard InChI is InChI=1S/C69H83BN2OSi/c1-63(2,3)43-24-27-55(46(34-43)42-22-20-19-21-23-42)72-58-37-45(74(16,17)18)36-57-61(58)70(60-47-38-50-53(41-59(47)73-62(60)72)69(14,15)33-30-66(50,8)9)54-39-51-52(68(12,13)32-31-67(51,10)11)40-56(54)71(57)44-25-26-48-49(35-44)65(6,7)29-28-64(48,4)5/h19-27,34-41H,28-33H2,1-18H3. The van der Waals surface area contributed by atoms with Crippen molar-refractivity contribution in [3.63, 3.8) is 0 Å². The SMILES string of the molecule is CC(C)(C)c1ccc(N2c3cc([Si](C)(C)C)cc4c3B(c3cc5c(cc3N4c3ccc4c(c3)C(C)(C)CCC4(C)C)C(C)(C)CCC5(C)C)c3c2oc2cc4c(cc32)C(C)(C)CCC4(C)C)c(-c2ccccc2)c1. The second-order valence-electron chi connectivity index (χ2n) is 29.8. The Bertz CT molecular complexity index is 3490. The summed E-state index contributed by atoms with van der Waals surface area (Å²) in [5.74, 6) is 0.962. The van der Waals surface area contributed by atoms with Gasteiger partial charge in [0, 0.05) is 39.2 Å². The number of hydrogen-bond donors (Lipinski definition) is 0. The first-order valence-electron chi connectivity index (χ1n) is 28.3. The number of rotatable bonds is 4. The third-order valence-electron chi connectivity index (χ3n) is 19.8. The summed E-state index contributed by atoms with van der Waals surface area (Å²) < 4.78 is 7.79. The molecule has 3 nitrogen and oxygen atoms in total. The van der Waals surface area contributed by atoms with Crippen molar-refractivity contribution in [3.8, 4) is 11.1 Å². The van der Waals surface area contributed by atoms with Crippen LogP contribution < -0.4 is 31.4 Å². The number of anilines is 6. The highest BCUT2D eigenvalue weighted by Crippen LogP contribution is 2.55. The first kappa shape index (κ1) is 49.6. The lowest BCUT2D eigenvalue weighted by Gasteiger charge is -2.47. The lowest BCUT2D eigenvalue weighted by Crippen LogP contribution is -2.62. The quantitative estimate of drug-likeness (QED) is 0.164. The Morgan fingerprint density at radius 3 is 1.55 bits per heavy atom. The summed E-state index contributed by atoms with van der Waals surface area (Å²) in [6, 6.07) is 41.8. The topological polar surface area (TPSA) is 19.6 Å². The zero-order chi connectivity index (χ0) is 52.8. The smallest absolute Gasteiger partial charge is 0.257 e. The van der Waals surface area contributed by atoms with Crippen molar-refractivity contribution < 1.29 is 4.42 Å². The van der Waals surface area contributed by atoms with Crippen LogP contribution in [-0.4, -0.2) is 14.8 Å². The fourth-order valence-corrected chi connectivity index (χ4v) is 15.5. The molecule has 0 N–H and O–H groups in total. The summed E-state index contributed by atoms with van der Waals surface area (Å²) in [4.78, 5) is 5.36. The molecular formula is C69H83BN2OSi. The van der Waals surface area contributed by atoms with Crippen LogP contribution >= 0.6 is 0 Å². The summed E-state index contributed by atoms with van der Waals surface area (Å²) in [6.07, 6.45) is 7.00. The van der Waals surface area contributed by atoms with Gasteiger partial charge in [0.25, 0.3) is 6.71 Å². The van der Waals surface area contributed by atoms with Gasteiger partial charge in [-0.25, -0.2) is 0 Å². The molecule has 3 aliphatic carbocycles. The van der Waals surface area contributed by atoms with E-state index in [1.54, 1.807) is 0 Å². The van der Waals surface area contributed by atoms with E-state index in [0.717, 1.165) is 42.8 Å². The Balaban J connectivity index is 1.27. The van der Waals surface area contributed by atoms with Crippen LogP contribution in [0, 0.1) is 0 Å². The van der Waals surface area contributed by atoms with Crippen molar-refractivity contribution in [2.45, 2.75) is 200 Å². The molecule has 0 amide bonds. The van der Waals surface area contributed by atoms with Gasteiger partial charge in [0.15, 0.2) is 0 Å². The highest BCUT2D eigenvalue weighted by molar-refractivity contribution is 7.02. The van der Waals surface area contributed by atoms with E-state index >= 15 is 0 Å². The van der Waals surface area contributed by atoms with Crippen LogP contribution in [0.4, 0.5) is 34.3 Å². The van der Waals surface area contributed by atoms with Crippen LogP contribution in [0.15, 0.2) is 108 Å². The summed E-state index contributed by atoms with van der Waals surface area (Å²) in [5, 5.41) is 2.71. The van der Waals surface area contributed by atoms with Crippen molar-refractivity contribution in [2.24, 2.45) is 0 Å². The molecule has 5 heteroatoms. The minimum Gasteiger partial charge on any atom is -0.440 e. The van der Waals surface area contributed by atoms with Gasteiger partial charge in [0.2, 0.25) is 5.88 Å². The second-order valence-corrected chi connectivity index (χ2v) is 34.9. The van der Waals surface area contributed by atoms with Crippen LogP contribution in [0.1, 0.15) is 181 Å². The highest BCUT2D eigenvalue weighted by Gasteiger charge is 2.51. The third-order valence-corrected chi connectivity index (χ3v) is 21.8. The molecule has 0 fully saturated rings. The number of nitrogens with zero attached hydrogens (tertiary/aromatic N) is 2. The number of furan rings is 1. The zero-order valence-corrected chi connectivity index (χ0v) is 49.4. The molecular weight excluding hydrogens is 912 g/mol. The molecule has 2 aliphatic heterocycles. The lowest BCUT2D eigenvalue weighted by molar-refractivity contribution is 0.332. The maximum atomic E-state index is 7.79. The molecule has 0 saturated carbocycles. The average molecular weight is 995 g/mol. The molecule has 74 heavy (non-hydrogen) atoms. The van der Waals surface area contributed by atoms with Crippen LogP contribution in [-0.2, 0) is 37.9 Å². The second kappa shape index (κ2) is 15.7. The fraction of sp³-hybridized carbons (Fsp3) is 0.449. The first-order valence-corrected chi connectivity index (χ1v) is 31.8. The summed E-state index contributed by atoms with van der Waals surface area (Å²) in [7, 11) is -1.99. The Kier molecular flexibility index (Phi) is 10.5. The normalized spacial score (nSPS) is 20.3. The van der Waals surface area contributed by atoms with E-state index in [1.165, 1.54) is 113 Å². The van der Waals surface area contributed by atoms with Crippen molar-refractivity contribution >= 4 is 81.7 Å². The van der Waals surface area contributed by atoms with Crippen LogP contribution in [0.2, 0.25) is 19.6 Å². The van der Waals surface area contributed by atoms with Gasteiger partial charge in [0.1, 0.15) is 5.58 Å². The Labute approximate surface area is 446 Å². The van der Waals surface area contributed by atoms with E-state index < -0.39 is 8.07 Å². The van der Waals surface area contributed by atoms with Crippen molar-refractivity contribution in [3.05, 3.63) is 142 Å². The van der Waals surface area contributed by atoms with Crippen LogP contribution in [0.5, 0.6) is 0 Å². The number of fused-ring (bicyclic) bond motifs is 9. The Hall–Kier alpha value is -5.26. The van der Waals surface area contributed by atoms with Crippen molar-refractivity contribution in [2.75, 3.05) is 9.80 Å². The molecule has 382 valence electrons. The van der Waals surface area contributed by atoms with E-state index in [0.29, 0.717) is 0 Å². The average Bonchev–Trinajstić information content (AvgIpc) is 3.70. The highest BCUT2D eigenvalue weighted by atomic mass is 28.3. The minimum atomic E-state index is -1.99. The molecule has 7 aromatic rings. The largest absolute Gasteiger partial charge is 0.440 e. The van der Waals surface area contributed by atoms with Crippen LogP contribution in [0.3, 0.4) is 0 Å². The molecule has 6 aromatic carbocycles. The predicted molar refractivity (Wildman–Crippen MR) is 323 cm³/mol. The molecule has 0 spiro atoms. The third kappa shape index (κ3) is 7.38. The van der Waals surface area contributed by atoms with Gasteiger partial charge in [-0.2, -0.15) is 0 Å². The summed E-state index contributed by atoms with van der Waals surface area (Å²) in [5.41, 5.74) is 24.3. The van der Waals surface area contributed by atoms with Gasteiger partial charge < -0.3 is 9.32 Å². The summed E-state index contributed by atoms with van der Waals surface area (Å²) in [6.45, 7) is 44.3. The number of hydrogen-bond acceptors (Lipinski definition) is 3. The van der Waals surface area contributed by atoms with E-state index in [4.69, 9.17) is 4.42 Å². The molecule has 0 unspecified atom stereocenters. The molecule has 0 bridgehead atoms. The first-order chi connectivity index (χ1) is 34.4. The van der Waals surface area contributed by atoms with Gasteiger partial charge in [-0.05, 0) is 186 Å². The monoisotopic (exact) mass is 995 g/mol. The van der Waals surface area contributed by atoms with E-state index in [2.05, 4.69) is 236 Å². The van der Waals surface area contributed by atoms with Gasteiger partial charge in [-0.1, -0.05) is 177 Å². The zero-order valence-electron chi connectivity index (χ0n) is 48.4. The van der Waals surface area contributed by atoms with Gasteiger partial charge in [-0.15, -0.1) is 0 Å². The molecule has 3 heterocycles. The van der Waals surface area contributed by atoms with Crippen molar-refractivity contribution in [1.82, 2.24) is 0 Å². The molecule has 1 aromatic heterocycles. The number of benzene rings is 6. The van der Waals surface area contributed by atoms with Crippen LogP contribution in [0.25, 0.3) is 22.1 Å². The Morgan fingerprint density at radius 2 is 0.986 bits per heavy atom. The fourth-order valence-electron chi connectivity index (χ4n) is 14.3. The molecule has 0 atom stereocenters. The van der Waals surface area contributed by atoms with E-state index in [-0.39, 0.29) is 44.6 Å². The molecule has 12 rings (SSSR count). The maximum Gasteiger partial charge on any atom is 0.257 e. The van der Waals surface area contributed by atoms with E-state index in [1.807, 2.05) is 0 Å². The molecule has 5 aliphatic rings. The Morgan fingerprint density at radius 1 is 0.473 bits per heavy atom.